The molecule has 4 amide bonds. The van der Waals surface area contributed by atoms with Crippen LogP contribution >= 0.6 is 0 Å². The molecule has 7 fully saturated rings. The van der Waals surface area contributed by atoms with E-state index >= 15 is 0 Å². The highest BCUT2D eigenvalue weighted by atomic mass is 16.8. The number of hydrogen-bond donors (Lipinski definition) is 25. The van der Waals surface area contributed by atoms with Crippen LogP contribution in [0.15, 0.2) is 24.3 Å². The summed E-state index contributed by atoms with van der Waals surface area (Å²) in [7, 11) is 0. The first-order chi connectivity index (χ1) is 66.5. The van der Waals surface area contributed by atoms with Crippen LogP contribution in [0.4, 0.5) is 0 Å². The third-order valence-corrected chi connectivity index (χ3v) is 26.8. The lowest BCUT2D eigenvalue weighted by atomic mass is 9.88. The number of carboxylic acid groups (broad SMARTS) is 1. The number of carbonyl (C=O) groups is 5. The maximum absolute atomic E-state index is 13.9. The second-order valence-corrected chi connectivity index (χ2v) is 38.1. The van der Waals surface area contributed by atoms with Gasteiger partial charge in [-0.15, -0.1) is 0 Å². The Labute approximate surface area is 814 Å². The first kappa shape index (κ1) is 121. The molecule has 0 saturated carbocycles. The number of ether oxygens (including phenoxy) is 14. The summed E-state index contributed by atoms with van der Waals surface area (Å²) in [6.45, 7) is 1.25. The Hall–Kier alpha value is -4.53. The van der Waals surface area contributed by atoms with E-state index in [4.69, 9.17) is 66.3 Å². The van der Waals surface area contributed by atoms with Crippen LogP contribution in [0.3, 0.4) is 0 Å². The van der Waals surface area contributed by atoms with Crippen molar-refractivity contribution in [2.24, 2.45) is 0 Å². The van der Waals surface area contributed by atoms with Gasteiger partial charge in [0, 0.05) is 33.6 Å². The van der Waals surface area contributed by atoms with Gasteiger partial charge in [0.1, 0.15) is 159 Å². The van der Waals surface area contributed by atoms with Crippen molar-refractivity contribution >= 4 is 29.6 Å². The summed E-state index contributed by atoms with van der Waals surface area (Å²) in [5.41, 5.74) is 0. The van der Waals surface area contributed by atoms with E-state index in [1.54, 1.807) is 6.08 Å². The molecule has 44 heteroatoms. The van der Waals surface area contributed by atoms with Gasteiger partial charge in [-0.3, -0.25) is 19.2 Å². The third-order valence-electron chi connectivity index (χ3n) is 26.8. The molecule has 0 spiro atoms. The van der Waals surface area contributed by atoms with E-state index in [-0.39, 0.29) is 6.42 Å². The first-order valence-corrected chi connectivity index (χ1v) is 50.6. The lowest BCUT2D eigenvalue weighted by Crippen LogP contribution is -2.72. The highest BCUT2D eigenvalue weighted by molar-refractivity contribution is 5.77. The van der Waals surface area contributed by atoms with Gasteiger partial charge in [-0.1, -0.05) is 205 Å². The van der Waals surface area contributed by atoms with Crippen LogP contribution in [0.25, 0.3) is 0 Å². The second kappa shape index (κ2) is 63.9. The maximum atomic E-state index is 13.9. The van der Waals surface area contributed by atoms with Crippen molar-refractivity contribution in [2.75, 3.05) is 46.2 Å². The van der Waals surface area contributed by atoms with Crippen LogP contribution in [0.5, 0.6) is 0 Å². The molecular weight excluding hydrogens is 1840 g/mol. The Bertz CT molecular complexity index is 3480. The molecule has 0 aliphatic carbocycles. The van der Waals surface area contributed by atoms with Gasteiger partial charge in [0.25, 0.3) is 5.79 Å². The normalized spacial score (nSPS) is 36.1. The summed E-state index contributed by atoms with van der Waals surface area (Å²) in [6.07, 6.45) is -25.3. The number of hydrogen-bond acceptors (Lipinski definition) is 39. The van der Waals surface area contributed by atoms with Gasteiger partial charge in [-0.05, 0) is 51.9 Å². The summed E-state index contributed by atoms with van der Waals surface area (Å²) in [5, 5.41) is 249. The Morgan fingerprint density at radius 2 is 0.813 bits per heavy atom. The van der Waals surface area contributed by atoms with Crippen molar-refractivity contribution in [3.05, 3.63) is 24.3 Å². The fraction of sp³-hybridized carbons (Fsp3) is 0.905. The number of unbranched alkanes of at least 4 members (excludes halogenated alkanes) is 30. The van der Waals surface area contributed by atoms with Gasteiger partial charge < -0.3 is 195 Å². The van der Waals surface area contributed by atoms with Crippen LogP contribution in [-0.2, 0) is 90.3 Å². The zero-order valence-electron chi connectivity index (χ0n) is 81.5. The van der Waals surface area contributed by atoms with Crippen LogP contribution < -0.4 is 21.3 Å². The highest BCUT2D eigenvalue weighted by Crippen LogP contribution is 2.42. The zero-order valence-corrected chi connectivity index (χ0v) is 81.5. The fourth-order valence-electron chi connectivity index (χ4n) is 18.6. The standard InChI is InChI=1S/C95H168N4O40/c1-7-9-11-13-15-17-19-21-22-23-24-25-26-27-28-29-30-32-34-36-38-40-42-44-66(111)99-57(58(108)43-41-39-37-35-33-31-20-18-16-14-12-10-8-2)51-126-90-79(121)77(119)82(63(49-103)132-90)134-92-80(122)86(74(116)65(133-92)52-127-88-68(97-55(5)106)75(117)72(114)61(47-101)129-88)137-89-69(98-56(6)107)85(83(64(50-104)131-89)135-91-78(120)76(118)70(112)53(3)128-91)136-93-81(123)87(73(115)62(48-102)130-93)139-95(94(124)125)45-59(109)67(96-54(4)105)84(138-95)71(113)60(110)46-100/h21-22,41,43,53,57-65,67-93,100-104,108-110,112-123H,7-20,23-40,42,44-52H2,1-6H3,(H,96,105)(H,97,106)(H,98,107)(H,99,111)(H,124,125)/b22-21-,43-41+/t53?,57-,58+,59?,60+,61?,62?,63?,64?,65?,67+,68?,69?,70+,71+,72+,73-,74-,75+,76?,77+,78-,79?,80?,81?,82+,83+,84?,85+,86-,87-,88+,89-,90+,91+,92-,93-,95-/m0/s1. The summed E-state index contributed by atoms with van der Waals surface area (Å²) >= 11 is 0. The number of rotatable bonds is 65. The largest absolute Gasteiger partial charge is 0.477 e. The molecule has 0 bridgehead atoms. The van der Waals surface area contributed by atoms with Crippen molar-refractivity contribution in [3.8, 4) is 0 Å². The Kier molecular flexibility index (Phi) is 55.8. The minimum atomic E-state index is -3.36. The van der Waals surface area contributed by atoms with E-state index in [1.807, 2.05) is 0 Å². The van der Waals surface area contributed by atoms with E-state index in [0.29, 0.717) is 12.8 Å². The number of nitrogens with one attached hydrogen (secondary N) is 4. The van der Waals surface area contributed by atoms with Gasteiger partial charge in [0.15, 0.2) is 37.7 Å². The molecule has 808 valence electrons. The predicted octanol–water partition coefficient (Wildman–Crippen LogP) is -1.33. The van der Waals surface area contributed by atoms with E-state index < -0.39 is 315 Å². The van der Waals surface area contributed by atoms with Crippen LogP contribution in [0.1, 0.15) is 266 Å². The number of aliphatic hydroxyl groups excluding tert-OH is 20. The third kappa shape index (κ3) is 37.4. The second-order valence-electron chi connectivity index (χ2n) is 38.1. The number of allylic oxidation sites excluding steroid dienone is 3. The minimum Gasteiger partial charge on any atom is -0.477 e. The number of carboxylic acids is 1. The predicted molar refractivity (Wildman–Crippen MR) is 491 cm³/mol. The van der Waals surface area contributed by atoms with E-state index in [9.17, 15) is 131 Å². The molecular formula is C95H168N4O40. The molecule has 7 rings (SSSR count). The maximum Gasteiger partial charge on any atom is 0.364 e. The summed E-state index contributed by atoms with van der Waals surface area (Å²) in [5.74, 6) is -8.67. The molecule has 38 atom stereocenters. The number of aliphatic carboxylic acids is 1. The summed E-state index contributed by atoms with van der Waals surface area (Å²) in [4.78, 5) is 66.4. The molecule has 0 aromatic heterocycles. The topological polar surface area (TPSA) is 688 Å². The smallest absolute Gasteiger partial charge is 0.364 e. The summed E-state index contributed by atoms with van der Waals surface area (Å²) in [6, 6.07) is -6.77. The van der Waals surface area contributed by atoms with Gasteiger partial charge in [0.2, 0.25) is 23.6 Å². The quantitative estimate of drug-likeness (QED) is 0.0248. The van der Waals surface area contributed by atoms with Crippen molar-refractivity contribution in [3.63, 3.8) is 0 Å². The molecule has 0 aromatic carbocycles. The van der Waals surface area contributed by atoms with Gasteiger partial charge >= 0.3 is 5.97 Å². The Morgan fingerprint density at radius 3 is 1.33 bits per heavy atom. The highest BCUT2D eigenvalue weighted by Gasteiger charge is 2.63. The SMILES string of the molecule is CCCCCCCC/C=C\CCCCCCCCCCCCCCCC(=O)N[C@@H](CO[C@@H]1OC(CO)[C@@H](O[C@@H]2OC(CO[C@@H]3OC(CO)[C@@H](O)[C@H](O)C3NC(C)=O)[C@H](O)[C@H](O[C@@H]3OC(CO)[C@@H](O[C@H]4OC(C)[C@@H](O)C(O)[C@@H]4O)[C@H](O[C@@H]4OC(CO)[C@H](O)[C@H](O[C@]5(C(=O)O)CC(O)[C@@H](NC(C)=O)C([C@H](O)[C@H](O)CO)O5)C4O)C3NC(C)=O)C2O)[C@H](O)C1O)[C@H](O)/C=C/CCCCCCCCCCCCC. The molecule has 25 N–H and O–H groups in total. The molecule has 7 saturated heterocycles. The number of aliphatic hydroxyl groups is 20. The van der Waals surface area contributed by atoms with Crippen LogP contribution in [-0.4, -0.2) is 416 Å². The van der Waals surface area contributed by atoms with Gasteiger partial charge in [-0.25, -0.2) is 4.79 Å². The lowest BCUT2D eigenvalue weighted by Gasteiger charge is -2.52. The molecule has 0 aromatic rings. The Balaban J connectivity index is 1.13. The van der Waals surface area contributed by atoms with E-state index in [0.717, 1.165) is 91.4 Å². The monoisotopic (exact) mass is 2010 g/mol. The van der Waals surface area contributed by atoms with Crippen molar-refractivity contribution in [2.45, 2.75) is 499 Å². The van der Waals surface area contributed by atoms with Gasteiger partial charge in [0.05, 0.1) is 76.6 Å². The zero-order chi connectivity index (χ0) is 102. The minimum absolute atomic E-state index is 0.102. The lowest BCUT2D eigenvalue weighted by molar-refractivity contribution is -0.400. The molecule has 14 unspecified atom stereocenters. The molecule has 0 radical (unpaired) electrons. The van der Waals surface area contributed by atoms with Crippen molar-refractivity contribution < 1.29 is 198 Å². The average molecular weight is 2010 g/mol. The molecule has 44 nitrogen and oxygen atoms in total. The summed E-state index contributed by atoms with van der Waals surface area (Å²) < 4.78 is 85.5. The van der Waals surface area contributed by atoms with Crippen LogP contribution in [0.2, 0.25) is 0 Å². The van der Waals surface area contributed by atoms with Crippen molar-refractivity contribution in [1.29, 1.82) is 0 Å². The number of carbonyl (C=O) groups excluding carboxylic acids is 4. The molecule has 7 aliphatic heterocycles. The first-order valence-electron chi connectivity index (χ1n) is 50.6. The Morgan fingerprint density at radius 1 is 0.396 bits per heavy atom. The van der Waals surface area contributed by atoms with Gasteiger partial charge in [-0.2, -0.15) is 0 Å². The number of amides is 4. The van der Waals surface area contributed by atoms with E-state index in [1.165, 1.54) is 141 Å². The molecule has 7 aliphatic rings. The average Bonchev–Trinajstić information content (AvgIpc) is 0.744. The van der Waals surface area contributed by atoms with Crippen LogP contribution in [0, 0.1) is 0 Å². The fourth-order valence-corrected chi connectivity index (χ4v) is 18.6. The van der Waals surface area contributed by atoms with E-state index in [2.05, 4.69) is 47.3 Å². The molecule has 139 heavy (non-hydrogen) atoms. The molecule has 7 heterocycles. The van der Waals surface area contributed by atoms with Crippen molar-refractivity contribution in [1.82, 2.24) is 21.3 Å².